The quantitative estimate of drug-likeness (QED) is 0.433. The Balaban J connectivity index is 4.73. The molecule has 0 aromatic rings. The molecule has 0 aliphatic rings. The smallest absolute Gasteiger partial charge is 0.298 e. The van der Waals surface area contributed by atoms with E-state index in [-0.39, 0.29) is 18.3 Å². The van der Waals surface area contributed by atoms with Gasteiger partial charge in [0.05, 0.1) is 18.3 Å². The third-order valence-corrected chi connectivity index (χ3v) is 3.96. The summed E-state index contributed by atoms with van der Waals surface area (Å²) in [5.74, 6) is -1.04. The molecule has 0 saturated carbocycles. The summed E-state index contributed by atoms with van der Waals surface area (Å²) in [6, 6.07) is 0. The maximum absolute atomic E-state index is 5.97. The van der Waals surface area contributed by atoms with Crippen LogP contribution >= 0.6 is 0 Å². The minimum atomic E-state index is -1.04. The van der Waals surface area contributed by atoms with E-state index < -0.39 is 5.97 Å². The van der Waals surface area contributed by atoms with Crippen LogP contribution in [0.15, 0.2) is 0 Å². The van der Waals surface area contributed by atoms with Gasteiger partial charge in [0.2, 0.25) is 0 Å². The molecular formula is C14H32O4Si. The highest BCUT2D eigenvalue weighted by molar-refractivity contribution is 5.98. The Morgan fingerprint density at radius 3 is 1.58 bits per heavy atom. The van der Waals surface area contributed by atoms with Crippen molar-refractivity contribution in [3.8, 4) is 0 Å². The van der Waals surface area contributed by atoms with Crippen LogP contribution in [-0.4, -0.2) is 41.4 Å². The van der Waals surface area contributed by atoms with E-state index in [2.05, 4.69) is 20.8 Å². The molecule has 19 heavy (non-hydrogen) atoms. The molecule has 0 saturated heterocycles. The second-order valence-electron chi connectivity index (χ2n) is 5.09. The van der Waals surface area contributed by atoms with Crippen LogP contribution in [0.2, 0.25) is 0 Å². The second kappa shape index (κ2) is 9.88. The van der Waals surface area contributed by atoms with Gasteiger partial charge in [-0.25, -0.2) is 0 Å². The first-order chi connectivity index (χ1) is 8.92. The minimum absolute atomic E-state index is 0.0820. The molecule has 3 atom stereocenters. The third-order valence-electron chi connectivity index (χ3n) is 3.34. The van der Waals surface area contributed by atoms with Crippen molar-refractivity contribution in [2.45, 2.75) is 85.1 Å². The van der Waals surface area contributed by atoms with Gasteiger partial charge in [0.25, 0.3) is 5.97 Å². The monoisotopic (exact) mass is 292 g/mol. The van der Waals surface area contributed by atoms with Crippen LogP contribution < -0.4 is 0 Å². The van der Waals surface area contributed by atoms with Gasteiger partial charge in [-0.15, -0.1) is 0 Å². The van der Waals surface area contributed by atoms with Gasteiger partial charge in [-0.05, 0) is 40.0 Å². The van der Waals surface area contributed by atoms with E-state index >= 15 is 0 Å². The fourth-order valence-electron chi connectivity index (χ4n) is 1.39. The summed E-state index contributed by atoms with van der Waals surface area (Å²) in [6.45, 7) is 12.7. The molecule has 5 heteroatoms. The normalized spacial score (nSPS) is 19.9. The molecule has 0 heterocycles. The lowest BCUT2D eigenvalue weighted by Gasteiger charge is -2.37. The Labute approximate surface area is 121 Å². The molecule has 0 amide bonds. The van der Waals surface area contributed by atoms with Gasteiger partial charge in [0.1, 0.15) is 6.61 Å². The van der Waals surface area contributed by atoms with Crippen LogP contribution in [-0.2, 0) is 18.6 Å². The zero-order valence-electron chi connectivity index (χ0n) is 13.7. The average molecular weight is 292 g/mol. The molecule has 0 aromatic carbocycles. The molecule has 0 bridgehead atoms. The number of ether oxygens (including phenoxy) is 3. The van der Waals surface area contributed by atoms with Crippen LogP contribution in [0.1, 0.15) is 60.8 Å². The predicted octanol–water partition coefficient (Wildman–Crippen LogP) is 2.38. The number of hydrogen-bond donors (Lipinski definition) is 0. The van der Waals surface area contributed by atoms with Crippen molar-refractivity contribution < 1.29 is 18.6 Å². The van der Waals surface area contributed by atoms with E-state index in [1.54, 1.807) is 0 Å². The van der Waals surface area contributed by atoms with Crippen LogP contribution in [0.5, 0.6) is 0 Å². The summed E-state index contributed by atoms with van der Waals surface area (Å²) in [5, 5.41) is 0. The maximum atomic E-state index is 5.97. The van der Waals surface area contributed by atoms with Gasteiger partial charge in [-0.1, -0.05) is 20.8 Å². The highest BCUT2D eigenvalue weighted by atomic mass is 28.2. The SMILES string of the molecule is CCC(C)OCC(O[SiH3])(OC(C)CC)OC(C)CC. The summed E-state index contributed by atoms with van der Waals surface area (Å²) in [4.78, 5) is 0. The Kier molecular flexibility index (Phi) is 9.91. The third kappa shape index (κ3) is 7.42. The van der Waals surface area contributed by atoms with Gasteiger partial charge >= 0.3 is 0 Å². The molecule has 0 aliphatic heterocycles. The lowest BCUT2D eigenvalue weighted by molar-refractivity contribution is -0.387. The fraction of sp³-hybridized carbons (Fsp3) is 1.00. The molecule has 0 rings (SSSR count). The Morgan fingerprint density at radius 1 is 0.842 bits per heavy atom. The van der Waals surface area contributed by atoms with Crippen molar-refractivity contribution in [2.75, 3.05) is 6.61 Å². The van der Waals surface area contributed by atoms with Crippen LogP contribution in [0.3, 0.4) is 0 Å². The largest absolute Gasteiger partial charge is 0.378 e. The summed E-state index contributed by atoms with van der Waals surface area (Å²) in [7, 11) is 0.544. The first kappa shape index (κ1) is 19.1. The van der Waals surface area contributed by atoms with E-state index in [0.29, 0.717) is 17.1 Å². The summed E-state index contributed by atoms with van der Waals surface area (Å²) >= 11 is 0. The van der Waals surface area contributed by atoms with E-state index in [4.69, 9.17) is 18.6 Å². The van der Waals surface area contributed by atoms with Gasteiger partial charge < -0.3 is 18.6 Å². The van der Waals surface area contributed by atoms with Crippen LogP contribution in [0.25, 0.3) is 0 Å². The van der Waals surface area contributed by atoms with E-state index in [1.807, 2.05) is 20.8 Å². The van der Waals surface area contributed by atoms with Gasteiger partial charge in [-0.2, -0.15) is 0 Å². The zero-order chi connectivity index (χ0) is 14.9. The molecular weight excluding hydrogens is 260 g/mol. The van der Waals surface area contributed by atoms with Crippen molar-refractivity contribution in [1.82, 2.24) is 0 Å². The van der Waals surface area contributed by atoms with Gasteiger partial charge in [0.15, 0.2) is 10.5 Å². The van der Waals surface area contributed by atoms with E-state index in [9.17, 15) is 0 Å². The van der Waals surface area contributed by atoms with Crippen molar-refractivity contribution in [1.29, 1.82) is 0 Å². The Bertz CT molecular complexity index is 213. The standard InChI is InChI=1S/C14H32O4Si/c1-7-11(4)15-10-14(18-19,16-12(5)8-2)17-13(6)9-3/h11-13H,7-10H2,1-6,19H3. The average Bonchev–Trinajstić information content (AvgIpc) is 2.43. The molecule has 0 spiro atoms. The summed E-state index contributed by atoms with van der Waals surface area (Å²) in [5.41, 5.74) is 0. The van der Waals surface area contributed by atoms with Crippen molar-refractivity contribution in [3.05, 3.63) is 0 Å². The first-order valence-corrected chi connectivity index (χ1v) is 8.26. The second-order valence-corrected chi connectivity index (χ2v) is 5.50. The van der Waals surface area contributed by atoms with Crippen molar-refractivity contribution >= 4 is 10.5 Å². The van der Waals surface area contributed by atoms with Gasteiger partial charge in [-0.3, -0.25) is 0 Å². The van der Waals surface area contributed by atoms with Crippen LogP contribution in [0, 0.1) is 0 Å². The highest BCUT2D eigenvalue weighted by Crippen LogP contribution is 2.22. The van der Waals surface area contributed by atoms with Crippen LogP contribution in [0.4, 0.5) is 0 Å². The number of hydrogen-bond acceptors (Lipinski definition) is 4. The minimum Gasteiger partial charge on any atom is -0.378 e. The fourth-order valence-corrected chi connectivity index (χ4v) is 1.70. The Morgan fingerprint density at radius 2 is 1.26 bits per heavy atom. The number of rotatable bonds is 11. The predicted molar refractivity (Wildman–Crippen MR) is 81.1 cm³/mol. The molecule has 4 nitrogen and oxygen atoms in total. The zero-order valence-corrected chi connectivity index (χ0v) is 15.7. The van der Waals surface area contributed by atoms with Crippen molar-refractivity contribution in [2.24, 2.45) is 0 Å². The lowest BCUT2D eigenvalue weighted by Crippen LogP contribution is -2.48. The lowest BCUT2D eigenvalue weighted by atomic mass is 10.3. The highest BCUT2D eigenvalue weighted by Gasteiger charge is 2.36. The maximum Gasteiger partial charge on any atom is 0.298 e. The molecule has 0 fully saturated rings. The first-order valence-electron chi connectivity index (χ1n) is 7.45. The van der Waals surface area contributed by atoms with Crippen molar-refractivity contribution in [3.63, 3.8) is 0 Å². The Hall–Kier alpha value is 0.0569. The summed E-state index contributed by atoms with van der Waals surface area (Å²) < 4.78 is 23.4. The molecule has 0 radical (unpaired) electrons. The van der Waals surface area contributed by atoms with E-state index in [0.717, 1.165) is 19.3 Å². The van der Waals surface area contributed by atoms with Gasteiger partial charge in [0, 0.05) is 0 Å². The molecule has 116 valence electrons. The molecule has 0 aromatic heterocycles. The molecule has 0 N–H and O–H groups in total. The molecule has 0 aliphatic carbocycles. The summed E-state index contributed by atoms with van der Waals surface area (Å²) in [6.07, 6.45) is 3.14. The molecule has 3 unspecified atom stereocenters. The topological polar surface area (TPSA) is 36.9 Å². The van der Waals surface area contributed by atoms with E-state index in [1.165, 1.54) is 0 Å².